The number of aryl methyl sites for hydroxylation is 1. The van der Waals surface area contributed by atoms with Crippen molar-refractivity contribution in [2.24, 2.45) is 11.8 Å². The van der Waals surface area contributed by atoms with Gasteiger partial charge in [-0.25, -0.2) is 0 Å². The molecule has 120 valence electrons. The van der Waals surface area contributed by atoms with Gasteiger partial charge in [-0.1, -0.05) is 26.2 Å². The molecule has 1 saturated carbocycles. The Kier molecular flexibility index (Phi) is 4.81. The normalized spacial score (nSPS) is 22.0. The molecule has 22 heavy (non-hydrogen) atoms. The fourth-order valence-corrected chi connectivity index (χ4v) is 4.57. The first kappa shape index (κ1) is 15.5. The van der Waals surface area contributed by atoms with Gasteiger partial charge in [-0.05, 0) is 49.7 Å². The number of hydrazine groups is 1. The van der Waals surface area contributed by atoms with E-state index in [1.807, 2.05) is 6.07 Å². The Morgan fingerprint density at radius 3 is 2.68 bits per heavy atom. The van der Waals surface area contributed by atoms with Crippen LogP contribution in [0, 0.1) is 11.8 Å². The van der Waals surface area contributed by atoms with Gasteiger partial charge in [-0.15, -0.1) is 11.3 Å². The van der Waals surface area contributed by atoms with Crippen LogP contribution in [-0.2, 0) is 17.6 Å². The Morgan fingerprint density at radius 1 is 1.14 bits per heavy atom. The lowest BCUT2D eigenvalue weighted by molar-refractivity contribution is -0.126. The monoisotopic (exact) mass is 320 g/mol. The Balaban J connectivity index is 1.54. The van der Waals surface area contributed by atoms with Crippen molar-refractivity contribution < 1.29 is 9.59 Å². The zero-order valence-corrected chi connectivity index (χ0v) is 13.9. The number of hydrogen-bond donors (Lipinski definition) is 2. The average molecular weight is 320 g/mol. The largest absolute Gasteiger partial charge is 0.279 e. The number of hydrogen-bond acceptors (Lipinski definition) is 3. The Hall–Kier alpha value is -1.36. The summed E-state index contributed by atoms with van der Waals surface area (Å²) in [7, 11) is 0. The summed E-state index contributed by atoms with van der Waals surface area (Å²) in [6.45, 7) is 2.25. The molecule has 0 radical (unpaired) electrons. The van der Waals surface area contributed by atoms with Crippen molar-refractivity contribution in [1.29, 1.82) is 0 Å². The second-order valence-electron chi connectivity index (χ2n) is 6.69. The minimum Gasteiger partial charge on any atom is -0.273 e. The number of nitrogens with one attached hydrogen (secondary N) is 2. The minimum atomic E-state index is -0.184. The summed E-state index contributed by atoms with van der Waals surface area (Å²) in [6.07, 6.45) is 8.65. The standard InChI is InChI=1S/C17H24N2O2S/c1-11-7-8-14-13(9-11)10-15(22-14)17(21)19-18-16(20)12-5-3-2-4-6-12/h10-12H,2-9H2,1H3,(H,18,20)(H,19,21). The van der Waals surface area contributed by atoms with Crippen LogP contribution < -0.4 is 10.9 Å². The highest BCUT2D eigenvalue weighted by atomic mass is 32.1. The first-order valence-electron chi connectivity index (χ1n) is 8.35. The molecule has 5 heteroatoms. The molecule has 0 bridgehead atoms. The summed E-state index contributed by atoms with van der Waals surface area (Å²) in [5.41, 5.74) is 6.51. The third-order valence-electron chi connectivity index (χ3n) is 4.83. The van der Waals surface area contributed by atoms with Gasteiger partial charge in [-0.2, -0.15) is 0 Å². The summed E-state index contributed by atoms with van der Waals surface area (Å²) in [5, 5.41) is 0. The quantitative estimate of drug-likeness (QED) is 0.822. The maximum atomic E-state index is 12.2. The number of carbonyl (C=O) groups excluding carboxylic acids is 2. The molecule has 1 heterocycles. The van der Waals surface area contributed by atoms with Crippen LogP contribution in [0.3, 0.4) is 0 Å². The topological polar surface area (TPSA) is 58.2 Å². The van der Waals surface area contributed by atoms with Crippen LogP contribution in [0.5, 0.6) is 0 Å². The van der Waals surface area contributed by atoms with Crippen LogP contribution in [-0.4, -0.2) is 11.8 Å². The van der Waals surface area contributed by atoms with E-state index >= 15 is 0 Å². The smallest absolute Gasteiger partial charge is 0.273 e. The van der Waals surface area contributed by atoms with E-state index in [2.05, 4.69) is 17.8 Å². The van der Waals surface area contributed by atoms with Gasteiger partial charge < -0.3 is 0 Å². The molecule has 1 atom stereocenters. The van der Waals surface area contributed by atoms with Crippen molar-refractivity contribution >= 4 is 23.2 Å². The first-order chi connectivity index (χ1) is 10.6. The SMILES string of the molecule is CC1CCc2sc(C(=O)NNC(=O)C3CCCCC3)cc2C1. The number of carbonyl (C=O) groups is 2. The van der Waals surface area contributed by atoms with Crippen LogP contribution in [0.15, 0.2) is 6.07 Å². The van der Waals surface area contributed by atoms with E-state index in [9.17, 15) is 9.59 Å². The van der Waals surface area contributed by atoms with E-state index in [0.717, 1.165) is 38.5 Å². The molecule has 0 spiro atoms. The maximum Gasteiger partial charge on any atom is 0.279 e. The third-order valence-corrected chi connectivity index (χ3v) is 6.06. The summed E-state index contributed by atoms with van der Waals surface area (Å²) >= 11 is 1.57. The Bertz CT molecular complexity index is 561. The summed E-state index contributed by atoms with van der Waals surface area (Å²) in [4.78, 5) is 26.3. The van der Waals surface area contributed by atoms with Crippen molar-refractivity contribution in [2.45, 2.75) is 58.3 Å². The average Bonchev–Trinajstić information content (AvgIpc) is 2.96. The van der Waals surface area contributed by atoms with Gasteiger partial charge in [0.25, 0.3) is 5.91 Å². The molecule has 0 saturated heterocycles. The maximum absolute atomic E-state index is 12.2. The second-order valence-corrected chi connectivity index (χ2v) is 7.82. The lowest BCUT2D eigenvalue weighted by atomic mass is 9.89. The highest BCUT2D eigenvalue weighted by Gasteiger charge is 2.23. The fraction of sp³-hybridized carbons (Fsp3) is 0.647. The van der Waals surface area contributed by atoms with E-state index < -0.39 is 0 Å². The molecule has 1 aromatic heterocycles. The van der Waals surface area contributed by atoms with Crippen molar-refractivity contribution in [3.63, 3.8) is 0 Å². The molecular formula is C17H24N2O2S. The molecule has 2 aliphatic rings. The van der Waals surface area contributed by atoms with Crippen LogP contribution in [0.4, 0.5) is 0 Å². The summed E-state index contributed by atoms with van der Waals surface area (Å²) in [6, 6.07) is 2.00. The van der Waals surface area contributed by atoms with Crippen LogP contribution in [0.1, 0.15) is 65.6 Å². The van der Waals surface area contributed by atoms with Crippen LogP contribution in [0.25, 0.3) is 0 Å². The van der Waals surface area contributed by atoms with Gasteiger partial charge >= 0.3 is 0 Å². The highest BCUT2D eigenvalue weighted by molar-refractivity contribution is 7.14. The van der Waals surface area contributed by atoms with Crippen molar-refractivity contribution in [1.82, 2.24) is 10.9 Å². The molecule has 1 fully saturated rings. The molecule has 0 aliphatic heterocycles. The Morgan fingerprint density at radius 2 is 1.91 bits per heavy atom. The molecule has 2 aliphatic carbocycles. The van der Waals surface area contributed by atoms with Crippen molar-refractivity contribution in [3.8, 4) is 0 Å². The van der Waals surface area contributed by atoms with Gasteiger partial charge in [0.1, 0.15) is 0 Å². The van der Waals surface area contributed by atoms with Crippen LogP contribution in [0.2, 0.25) is 0 Å². The van der Waals surface area contributed by atoms with Crippen molar-refractivity contribution in [3.05, 3.63) is 21.4 Å². The summed E-state index contributed by atoms with van der Waals surface area (Å²) < 4.78 is 0. The number of thiophene rings is 1. The van der Waals surface area contributed by atoms with Crippen molar-refractivity contribution in [2.75, 3.05) is 0 Å². The van der Waals surface area contributed by atoms with Gasteiger partial charge in [0.05, 0.1) is 4.88 Å². The Labute approximate surface area is 135 Å². The third kappa shape index (κ3) is 3.51. The zero-order valence-electron chi connectivity index (χ0n) is 13.1. The van der Waals surface area contributed by atoms with Gasteiger partial charge in [0.15, 0.2) is 0 Å². The molecule has 1 unspecified atom stereocenters. The predicted octanol–water partition coefficient (Wildman–Crippen LogP) is 3.21. The van der Waals surface area contributed by atoms with E-state index in [1.54, 1.807) is 11.3 Å². The molecule has 2 N–H and O–H groups in total. The van der Waals surface area contributed by atoms with Gasteiger partial charge in [0.2, 0.25) is 5.91 Å². The fourth-order valence-electron chi connectivity index (χ4n) is 3.46. The highest BCUT2D eigenvalue weighted by Crippen LogP contribution is 2.32. The van der Waals surface area contributed by atoms with E-state index in [1.165, 1.54) is 23.3 Å². The van der Waals surface area contributed by atoms with E-state index in [4.69, 9.17) is 0 Å². The molecule has 0 aromatic carbocycles. The number of fused-ring (bicyclic) bond motifs is 1. The van der Waals surface area contributed by atoms with E-state index in [0.29, 0.717) is 10.8 Å². The zero-order chi connectivity index (χ0) is 15.5. The number of amides is 2. The van der Waals surface area contributed by atoms with E-state index in [-0.39, 0.29) is 17.7 Å². The first-order valence-corrected chi connectivity index (χ1v) is 9.17. The van der Waals surface area contributed by atoms with Gasteiger partial charge in [0, 0.05) is 10.8 Å². The molecular weight excluding hydrogens is 296 g/mol. The lowest BCUT2D eigenvalue weighted by Gasteiger charge is -2.20. The predicted molar refractivity (Wildman–Crippen MR) is 87.7 cm³/mol. The lowest BCUT2D eigenvalue weighted by Crippen LogP contribution is -2.44. The molecule has 2 amide bonds. The molecule has 4 nitrogen and oxygen atoms in total. The molecule has 3 rings (SSSR count). The van der Waals surface area contributed by atoms with Crippen LogP contribution >= 0.6 is 11.3 Å². The second kappa shape index (κ2) is 6.82. The summed E-state index contributed by atoms with van der Waals surface area (Å²) in [5.74, 6) is 0.537. The minimum absolute atomic E-state index is 0.0389. The number of rotatable bonds is 2. The molecule has 1 aromatic rings. The van der Waals surface area contributed by atoms with Gasteiger partial charge in [-0.3, -0.25) is 20.4 Å².